The summed E-state index contributed by atoms with van der Waals surface area (Å²) >= 11 is 0. The van der Waals surface area contributed by atoms with E-state index in [9.17, 15) is 0 Å². The van der Waals surface area contributed by atoms with Gasteiger partial charge >= 0.3 is 0 Å². The molecule has 0 amide bonds. The van der Waals surface area contributed by atoms with E-state index in [-0.39, 0.29) is 5.92 Å². The third kappa shape index (κ3) is 2.20. The Kier molecular flexibility index (Phi) is 2.41. The molecule has 7 heavy (non-hydrogen) atoms. The number of hydrogen-bond acceptors (Lipinski definition) is 1. The second-order valence-electron chi connectivity index (χ2n) is 1.76. The molecule has 0 aromatic heterocycles. The fraction of sp³-hybridized carbons (Fsp3) is 0.800. The molecule has 2 heteroatoms. The monoisotopic (exact) mass is 100 g/mol. The Balaban J connectivity index is 3.34. The minimum absolute atomic E-state index is 0.264. The van der Waals surface area contributed by atoms with Crippen LogP contribution >= 0.6 is 0 Å². The van der Waals surface area contributed by atoms with Gasteiger partial charge in [-0.2, -0.15) is 0 Å². The molecule has 0 radical (unpaired) electrons. The molecular formula is C5H12N2. The summed E-state index contributed by atoms with van der Waals surface area (Å²) in [4.78, 5) is 0. The first-order valence-corrected chi connectivity index (χ1v) is 2.52. The van der Waals surface area contributed by atoms with Gasteiger partial charge in [0.25, 0.3) is 0 Å². The first kappa shape index (κ1) is 6.47. The van der Waals surface area contributed by atoms with Crippen molar-refractivity contribution in [3.05, 3.63) is 0 Å². The highest BCUT2D eigenvalue weighted by Gasteiger charge is 1.97. The maximum absolute atomic E-state index is 6.88. The van der Waals surface area contributed by atoms with Crippen molar-refractivity contribution >= 4 is 5.84 Å². The standard InChI is InChI=1S/C5H12N2/c1-3-4(2)5(6)7/h4H,3H2,1-2H3,(H3,6,7). The molecule has 0 aliphatic rings. The maximum Gasteiger partial charge on any atom is 0.0934 e. The molecule has 0 rings (SSSR count). The van der Waals surface area contributed by atoms with Crippen LogP contribution in [0.3, 0.4) is 0 Å². The molecule has 0 saturated carbocycles. The Morgan fingerprint density at radius 3 is 2.29 bits per heavy atom. The molecule has 2 nitrogen and oxygen atoms in total. The molecule has 0 aromatic rings. The van der Waals surface area contributed by atoms with Crippen LogP contribution < -0.4 is 5.73 Å². The summed E-state index contributed by atoms with van der Waals surface area (Å²) in [6.45, 7) is 3.97. The van der Waals surface area contributed by atoms with Gasteiger partial charge in [0.1, 0.15) is 0 Å². The minimum atomic E-state index is 0.264. The van der Waals surface area contributed by atoms with Crippen molar-refractivity contribution in [1.29, 1.82) is 5.41 Å². The van der Waals surface area contributed by atoms with Crippen molar-refractivity contribution in [2.45, 2.75) is 20.3 Å². The molecule has 1 unspecified atom stereocenters. The van der Waals surface area contributed by atoms with Crippen LogP contribution in [0.25, 0.3) is 0 Å². The fourth-order valence-corrected chi connectivity index (χ4v) is 0.220. The largest absolute Gasteiger partial charge is 0.387 e. The molecule has 0 aliphatic carbocycles. The van der Waals surface area contributed by atoms with E-state index in [0.29, 0.717) is 5.84 Å². The Hall–Kier alpha value is -0.530. The van der Waals surface area contributed by atoms with Gasteiger partial charge in [-0.15, -0.1) is 0 Å². The number of nitrogens with two attached hydrogens (primary N) is 1. The van der Waals surface area contributed by atoms with Crippen molar-refractivity contribution in [2.24, 2.45) is 11.7 Å². The van der Waals surface area contributed by atoms with E-state index in [1.165, 1.54) is 0 Å². The van der Waals surface area contributed by atoms with Gasteiger partial charge in [0.15, 0.2) is 0 Å². The van der Waals surface area contributed by atoms with Crippen LogP contribution in [0.5, 0.6) is 0 Å². The van der Waals surface area contributed by atoms with Gasteiger partial charge in [-0.1, -0.05) is 13.8 Å². The fourth-order valence-electron chi connectivity index (χ4n) is 0.220. The van der Waals surface area contributed by atoms with Gasteiger partial charge < -0.3 is 5.73 Å². The first-order chi connectivity index (χ1) is 3.18. The van der Waals surface area contributed by atoms with Gasteiger partial charge in [0, 0.05) is 5.92 Å². The Labute approximate surface area is 44.2 Å². The van der Waals surface area contributed by atoms with Crippen molar-refractivity contribution in [3.8, 4) is 0 Å². The first-order valence-electron chi connectivity index (χ1n) is 2.52. The molecule has 0 fully saturated rings. The van der Waals surface area contributed by atoms with Gasteiger partial charge in [-0.05, 0) is 6.42 Å². The van der Waals surface area contributed by atoms with Crippen LogP contribution in [-0.4, -0.2) is 5.84 Å². The van der Waals surface area contributed by atoms with Crippen LogP contribution in [0, 0.1) is 11.3 Å². The van der Waals surface area contributed by atoms with Crippen molar-refractivity contribution in [1.82, 2.24) is 0 Å². The average molecular weight is 100 g/mol. The lowest BCUT2D eigenvalue weighted by atomic mass is 10.1. The lowest BCUT2D eigenvalue weighted by molar-refractivity contribution is 0.728. The van der Waals surface area contributed by atoms with Crippen molar-refractivity contribution in [3.63, 3.8) is 0 Å². The van der Waals surface area contributed by atoms with E-state index >= 15 is 0 Å². The van der Waals surface area contributed by atoms with Crippen LogP contribution in [0.2, 0.25) is 0 Å². The molecule has 0 saturated heterocycles. The lowest BCUT2D eigenvalue weighted by Crippen LogP contribution is -2.18. The van der Waals surface area contributed by atoms with E-state index in [4.69, 9.17) is 11.1 Å². The van der Waals surface area contributed by atoms with E-state index in [1.54, 1.807) is 0 Å². The highest BCUT2D eigenvalue weighted by Crippen LogP contribution is 1.96. The highest BCUT2D eigenvalue weighted by molar-refractivity contribution is 5.79. The lowest BCUT2D eigenvalue weighted by Gasteiger charge is -2.01. The molecule has 0 spiro atoms. The van der Waals surface area contributed by atoms with Crippen LogP contribution in [0.1, 0.15) is 20.3 Å². The van der Waals surface area contributed by atoms with Gasteiger partial charge in [0.05, 0.1) is 5.84 Å². The molecule has 3 N–H and O–H groups in total. The van der Waals surface area contributed by atoms with Crippen LogP contribution in [0.4, 0.5) is 0 Å². The van der Waals surface area contributed by atoms with Gasteiger partial charge in [-0.3, -0.25) is 5.41 Å². The van der Waals surface area contributed by atoms with Crippen molar-refractivity contribution in [2.75, 3.05) is 0 Å². The SMILES string of the molecule is CCC(C)C(=N)N. The number of amidine groups is 1. The van der Waals surface area contributed by atoms with Crippen molar-refractivity contribution < 1.29 is 0 Å². The van der Waals surface area contributed by atoms with Crippen LogP contribution in [0.15, 0.2) is 0 Å². The molecule has 0 aliphatic heterocycles. The molecule has 1 atom stereocenters. The summed E-state index contributed by atoms with van der Waals surface area (Å²) in [5, 5.41) is 6.88. The third-order valence-corrected chi connectivity index (χ3v) is 1.14. The second-order valence-corrected chi connectivity index (χ2v) is 1.76. The summed E-state index contributed by atoms with van der Waals surface area (Å²) in [5.41, 5.74) is 5.13. The summed E-state index contributed by atoms with van der Waals surface area (Å²) in [6, 6.07) is 0. The molecule has 42 valence electrons. The van der Waals surface area contributed by atoms with Crippen LogP contribution in [-0.2, 0) is 0 Å². The zero-order valence-corrected chi connectivity index (χ0v) is 4.86. The number of nitrogens with one attached hydrogen (secondary N) is 1. The summed E-state index contributed by atoms with van der Waals surface area (Å²) in [7, 11) is 0. The second kappa shape index (κ2) is 2.61. The van der Waals surface area contributed by atoms with E-state index in [1.807, 2.05) is 13.8 Å². The average Bonchev–Trinajstić information content (AvgIpc) is 1.65. The van der Waals surface area contributed by atoms with Gasteiger partial charge in [0.2, 0.25) is 0 Å². The van der Waals surface area contributed by atoms with Gasteiger partial charge in [-0.25, -0.2) is 0 Å². The zero-order valence-electron chi connectivity index (χ0n) is 4.86. The number of rotatable bonds is 2. The molecular weight excluding hydrogens is 88.1 g/mol. The Bertz CT molecular complexity index is 68.5. The molecule has 0 bridgehead atoms. The quantitative estimate of drug-likeness (QED) is 0.394. The Morgan fingerprint density at radius 1 is 1.86 bits per heavy atom. The maximum atomic E-state index is 6.88. The summed E-state index contributed by atoms with van der Waals surface area (Å²) < 4.78 is 0. The third-order valence-electron chi connectivity index (χ3n) is 1.14. The predicted octanol–water partition coefficient (Wildman–Crippen LogP) is 0.968. The summed E-state index contributed by atoms with van der Waals surface area (Å²) in [6.07, 6.45) is 0.968. The topological polar surface area (TPSA) is 49.9 Å². The molecule has 0 heterocycles. The highest BCUT2D eigenvalue weighted by atomic mass is 14.7. The normalized spacial score (nSPS) is 13.4. The number of hydrogen-bond donors (Lipinski definition) is 2. The Morgan fingerprint density at radius 2 is 2.29 bits per heavy atom. The minimum Gasteiger partial charge on any atom is -0.387 e. The predicted molar refractivity (Wildman–Crippen MR) is 31.4 cm³/mol. The summed E-state index contributed by atoms with van der Waals surface area (Å²) in [5.74, 6) is 0.558. The van der Waals surface area contributed by atoms with E-state index < -0.39 is 0 Å². The zero-order chi connectivity index (χ0) is 5.86. The molecule has 0 aromatic carbocycles. The van der Waals surface area contributed by atoms with E-state index in [2.05, 4.69) is 0 Å². The van der Waals surface area contributed by atoms with E-state index in [0.717, 1.165) is 6.42 Å². The smallest absolute Gasteiger partial charge is 0.0934 e.